The van der Waals surface area contributed by atoms with Crippen molar-refractivity contribution in [1.29, 1.82) is 0 Å². The molecule has 0 spiro atoms. The summed E-state index contributed by atoms with van der Waals surface area (Å²) < 4.78 is 18.7. The van der Waals surface area contributed by atoms with Gasteiger partial charge in [0.05, 0.1) is 41.7 Å². The molecule has 31 heavy (non-hydrogen) atoms. The number of thiophene rings is 2. The van der Waals surface area contributed by atoms with E-state index in [1.165, 1.54) is 22.7 Å². The molecule has 0 aliphatic heterocycles. The summed E-state index contributed by atoms with van der Waals surface area (Å²) in [6, 6.07) is 11.1. The first-order valence-electron chi connectivity index (χ1n) is 9.39. The van der Waals surface area contributed by atoms with Crippen molar-refractivity contribution < 1.29 is 23.5 Å². The van der Waals surface area contributed by atoms with Gasteiger partial charge in [-0.15, -0.1) is 22.7 Å². The summed E-state index contributed by atoms with van der Waals surface area (Å²) in [5.41, 5.74) is 0.314. The van der Waals surface area contributed by atoms with Gasteiger partial charge in [-0.1, -0.05) is 0 Å². The number of benzene rings is 1. The molecular weight excluding hydrogens is 568 g/mol. The van der Waals surface area contributed by atoms with Crippen molar-refractivity contribution in [2.75, 3.05) is 13.2 Å². The van der Waals surface area contributed by atoms with E-state index in [0.29, 0.717) is 11.5 Å². The van der Waals surface area contributed by atoms with Gasteiger partial charge in [-0.2, -0.15) is 0 Å². The van der Waals surface area contributed by atoms with Crippen molar-refractivity contribution in [3.05, 3.63) is 55.1 Å². The molecule has 4 aromatic rings. The lowest BCUT2D eigenvalue weighted by Crippen LogP contribution is -2.14. The molecule has 0 saturated carbocycles. The Labute approximate surface area is 203 Å². The smallest absolute Gasteiger partial charge is 0.339 e. The van der Waals surface area contributed by atoms with E-state index in [2.05, 4.69) is 31.9 Å². The monoisotopic (exact) mass is 582 g/mol. The summed E-state index contributed by atoms with van der Waals surface area (Å²) in [7, 11) is 0. The van der Waals surface area contributed by atoms with E-state index in [0.717, 1.165) is 28.1 Å². The fraction of sp³-hybridized carbons (Fsp3) is 0.182. The van der Waals surface area contributed by atoms with Gasteiger partial charge < -0.3 is 13.9 Å². The molecule has 3 aromatic heterocycles. The largest absolute Gasteiger partial charge is 0.462 e. The summed E-state index contributed by atoms with van der Waals surface area (Å²) >= 11 is 10.0. The number of ether oxygens (including phenoxy) is 2. The lowest BCUT2D eigenvalue weighted by atomic mass is 10.0. The summed E-state index contributed by atoms with van der Waals surface area (Å²) in [6.45, 7) is 3.84. The van der Waals surface area contributed by atoms with Crippen LogP contribution in [0.2, 0.25) is 0 Å². The van der Waals surface area contributed by atoms with Crippen molar-refractivity contribution in [2.45, 2.75) is 13.8 Å². The Hall–Kier alpha value is -1.94. The normalized spacial score (nSPS) is 11.1. The quantitative estimate of drug-likeness (QED) is 0.217. The Morgan fingerprint density at radius 1 is 0.806 bits per heavy atom. The molecule has 0 aliphatic carbocycles. The zero-order chi connectivity index (χ0) is 22.1. The minimum Gasteiger partial charge on any atom is -0.462 e. The maximum absolute atomic E-state index is 12.7. The van der Waals surface area contributed by atoms with Crippen LogP contribution in [0.1, 0.15) is 34.6 Å². The molecule has 0 saturated heterocycles. The molecule has 0 bridgehead atoms. The van der Waals surface area contributed by atoms with Gasteiger partial charge in [0.1, 0.15) is 0 Å². The lowest BCUT2D eigenvalue weighted by molar-refractivity contribution is 0.0479. The number of fused-ring (bicyclic) bond motifs is 1. The topological polar surface area (TPSA) is 65.7 Å². The second kappa shape index (κ2) is 9.28. The van der Waals surface area contributed by atoms with Gasteiger partial charge in [0, 0.05) is 10.8 Å². The van der Waals surface area contributed by atoms with Crippen molar-refractivity contribution in [3.8, 4) is 21.3 Å². The molecule has 0 N–H and O–H groups in total. The SMILES string of the molecule is CCOC(=O)c1cc2c(-c3ccc(Br)s3)oc(-c3ccc(Br)s3)c2cc1C(=O)OCC. The van der Waals surface area contributed by atoms with Crippen LogP contribution in [-0.4, -0.2) is 25.2 Å². The van der Waals surface area contributed by atoms with E-state index in [1.54, 1.807) is 26.0 Å². The van der Waals surface area contributed by atoms with Crippen molar-refractivity contribution in [3.63, 3.8) is 0 Å². The van der Waals surface area contributed by atoms with E-state index in [4.69, 9.17) is 13.9 Å². The average molecular weight is 584 g/mol. The Morgan fingerprint density at radius 3 is 1.55 bits per heavy atom. The molecule has 0 aliphatic rings. The number of esters is 2. The Bertz CT molecular complexity index is 1190. The molecule has 0 fully saturated rings. The molecular formula is C22H16Br2O5S2. The van der Waals surface area contributed by atoms with Gasteiger partial charge in [-0.25, -0.2) is 9.59 Å². The van der Waals surface area contributed by atoms with E-state index >= 15 is 0 Å². The highest BCUT2D eigenvalue weighted by Gasteiger charge is 2.26. The minimum absolute atomic E-state index is 0.157. The zero-order valence-corrected chi connectivity index (χ0v) is 21.3. The van der Waals surface area contributed by atoms with Crippen LogP contribution in [0.15, 0.2) is 48.4 Å². The van der Waals surface area contributed by atoms with Crippen molar-refractivity contribution in [2.24, 2.45) is 0 Å². The van der Waals surface area contributed by atoms with Crippen LogP contribution in [0, 0.1) is 0 Å². The molecule has 5 nitrogen and oxygen atoms in total. The van der Waals surface area contributed by atoms with Crippen LogP contribution >= 0.6 is 54.5 Å². The fourth-order valence-corrected chi connectivity index (χ4v) is 5.95. The maximum atomic E-state index is 12.7. The summed E-state index contributed by atoms with van der Waals surface area (Å²) in [5, 5.41) is 1.45. The van der Waals surface area contributed by atoms with E-state index in [9.17, 15) is 9.59 Å². The van der Waals surface area contributed by atoms with E-state index in [-0.39, 0.29) is 24.3 Å². The highest BCUT2D eigenvalue weighted by molar-refractivity contribution is 9.11. The first kappa shape index (κ1) is 22.3. The van der Waals surface area contributed by atoms with Crippen LogP contribution in [-0.2, 0) is 9.47 Å². The predicted molar refractivity (Wildman–Crippen MR) is 130 cm³/mol. The van der Waals surface area contributed by atoms with E-state index in [1.807, 2.05) is 24.3 Å². The third-order valence-corrected chi connectivity index (χ3v) is 7.68. The van der Waals surface area contributed by atoms with Crippen LogP contribution < -0.4 is 0 Å². The molecule has 3 heterocycles. The first-order chi connectivity index (χ1) is 14.9. The van der Waals surface area contributed by atoms with Gasteiger partial charge in [-0.05, 0) is 82.1 Å². The second-order valence-corrected chi connectivity index (χ2v) is 11.3. The second-order valence-electron chi connectivity index (χ2n) is 6.35. The van der Waals surface area contributed by atoms with Gasteiger partial charge in [0.2, 0.25) is 0 Å². The van der Waals surface area contributed by atoms with Gasteiger partial charge >= 0.3 is 11.9 Å². The average Bonchev–Trinajstić information content (AvgIpc) is 3.45. The summed E-state index contributed by atoms with van der Waals surface area (Å²) in [6.07, 6.45) is 0. The number of hydrogen-bond acceptors (Lipinski definition) is 7. The van der Waals surface area contributed by atoms with Crippen LogP contribution in [0.25, 0.3) is 32.0 Å². The van der Waals surface area contributed by atoms with Crippen LogP contribution in [0.4, 0.5) is 0 Å². The Balaban J connectivity index is 2.03. The number of rotatable bonds is 6. The Kier molecular flexibility index (Phi) is 6.66. The third kappa shape index (κ3) is 4.37. The number of halogens is 2. The minimum atomic E-state index is -0.576. The van der Waals surface area contributed by atoms with Crippen LogP contribution in [0.5, 0.6) is 0 Å². The summed E-state index contributed by atoms with van der Waals surface area (Å²) in [4.78, 5) is 27.2. The van der Waals surface area contributed by atoms with Gasteiger partial charge in [-0.3, -0.25) is 0 Å². The molecule has 0 amide bonds. The zero-order valence-electron chi connectivity index (χ0n) is 16.5. The number of carbonyl (C=O) groups excluding carboxylic acids is 2. The summed E-state index contributed by atoms with van der Waals surface area (Å²) in [5.74, 6) is 0.108. The van der Waals surface area contributed by atoms with Gasteiger partial charge in [0.25, 0.3) is 0 Å². The molecule has 0 atom stereocenters. The highest BCUT2D eigenvalue weighted by Crippen LogP contribution is 2.45. The van der Waals surface area contributed by atoms with Crippen molar-refractivity contribution >= 4 is 77.2 Å². The highest BCUT2D eigenvalue weighted by atomic mass is 79.9. The first-order valence-corrected chi connectivity index (χ1v) is 12.6. The molecule has 9 heteroatoms. The lowest BCUT2D eigenvalue weighted by Gasteiger charge is -2.09. The standard InChI is InChI=1S/C22H16Br2O5S2/c1-3-27-21(25)13-9-11-12(10-14(13)22(26)28-4-2)20(16-6-8-18(24)31-16)29-19(11)15-5-7-17(23)30-15/h5-10H,3-4H2,1-2H3. The van der Waals surface area contributed by atoms with Crippen molar-refractivity contribution in [1.82, 2.24) is 0 Å². The Morgan fingerprint density at radius 2 is 1.23 bits per heavy atom. The molecule has 4 rings (SSSR count). The predicted octanol–water partition coefficient (Wildman–Crippen LogP) is 7.77. The van der Waals surface area contributed by atoms with Crippen LogP contribution in [0.3, 0.4) is 0 Å². The molecule has 0 unspecified atom stereocenters. The number of hydrogen-bond donors (Lipinski definition) is 0. The van der Waals surface area contributed by atoms with Gasteiger partial charge in [0.15, 0.2) is 11.5 Å². The third-order valence-electron chi connectivity index (χ3n) is 4.44. The molecule has 160 valence electrons. The maximum Gasteiger partial charge on any atom is 0.339 e. The number of furan rings is 1. The molecule has 1 aromatic carbocycles. The fourth-order valence-electron chi connectivity index (χ4n) is 3.18. The number of carbonyl (C=O) groups is 2. The van der Waals surface area contributed by atoms with E-state index < -0.39 is 11.9 Å². The molecule has 0 radical (unpaired) electrons.